The van der Waals surface area contributed by atoms with E-state index >= 15 is 0 Å². The van der Waals surface area contributed by atoms with Crippen LogP contribution in [0.2, 0.25) is 0 Å². The lowest BCUT2D eigenvalue weighted by atomic mass is 9.89. The van der Waals surface area contributed by atoms with E-state index in [9.17, 15) is 13.2 Å². The van der Waals surface area contributed by atoms with Crippen LogP contribution in [-0.4, -0.2) is 49.0 Å². The highest BCUT2D eigenvalue weighted by Crippen LogP contribution is 2.24. The van der Waals surface area contributed by atoms with Gasteiger partial charge in [0.1, 0.15) is 4.90 Å². The maximum atomic E-state index is 12.5. The van der Waals surface area contributed by atoms with Gasteiger partial charge in [-0.3, -0.25) is 4.79 Å². The first-order chi connectivity index (χ1) is 12.6. The highest BCUT2D eigenvalue weighted by molar-refractivity contribution is 7.99. The molecular weight excluding hydrogens is 370 g/mol. The Balaban J connectivity index is 1.45. The minimum absolute atomic E-state index is 0.0103. The summed E-state index contributed by atoms with van der Waals surface area (Å²) >= 11 is 1.34. The van der Waals surface area contributed by atoms with Gasteiger partial charge in [0.15, 0.2) is 0 Å². The first kappa shape index (κ1) is 19.6. The smallest absolute Gasteiger partial charge is 0.244 e. The Morgan fingerprint density at radius 2 is 1.88 bits per heavy atom. The van der Waals surface area contributed by atoms with Crippen LogP contribution in [0, 0.1) is 5.92 Å². The fraction of sp³-hybridized carbons (Fsp3) is 0.667. The van der Waals surface area contributed by atoms with Crippen LogP contribution in [-0.2, 0) is 14.8 Å². The van der Waals surface area contributed by atoms with Gasteiger partial charge in [0, 0.05) is 25.8 Å². The molecule has 1 aliphatic heterocycles. The predicted molar refractivity (Wildman–Crippen MR) is 103 cm³/mol. The van der Waals surface area contributed by atoms with Gasteiger partial charge in [-0.05, 0) is 43.7 Å². The number of hydrogen-bond donors (Lipinski definition) is 1. The Morgan fingerprint density at radius 3 is 2.54 bits per heavy atom. The maximum absolute atomic E-state index is 12.5. The van der Waals surface area contributed by atoms with Crippen LogP contribution in [0.1, 0.15) is 44.9 Å². The van der Waals surface area contributed by atoms with Crippen molar-refractivity contribution in [3.63, 3.8) is 0 Å². The third-order valence-electron chi connectivity index (χ3n) is 5.08. The van der Waals surface area contributed by atoms with E-state index in [-0.39, 0.29) is 10.8 Å². The monoisotopic (exact) mass is 397 g/mol. The van der Waals surface area contributed by atoms with E-state index in [4.69, 9.17) is 0 Å². The van der Waals surface area contributed by atoms with Crippen LogP contribution in [0.4, 0.5) is 0 Å². The molecule has 6 nitrogen and oxygen atoms in total. The molecule has 1 saturated carbocycles. The summed E-state index contributed by atoms with van der Waals surface area (Å²) < 4.78 is 26.4. The molecule has 2 fully saturated rings. The van der Waals surface area contributed by atoms with Gasteiger partial charge in [0.2, 0.25) is 15.9 Å². The minimum Gasteiger partial charge on any atom is -0.355 e. The average Bonchev–Trinajstić information content (AvgIpc) is 3.21. The molecule has 1 aromatic heterocycles. The summed E-state index contributed by atoms with van der Waals surface area (Å²) in [6, 6.07) is 3.27. The first-order valence-electron chi connectivity index (χ1n) is 9.41. The van der Waals surface area contributed by atoms with Gasteiger partial charge in [-0.25, -0.2) is 13.4 Å². The third kappa shape index (κ3) is 5.20. The second kappa shape index (κ2) is 9.19. The molecule has 0 atom stereocenters. The SMILES string of the molecule is O=C(CSc1ccc(S(=O)(=O)N2CCCC2)cn1)NCC1CCCCC1. The third-order valence-corrected chi connectivity index (χ3v) is 7.90. The molecule has 8 heteroatoms. The van der Waals surface area contributed by atoms with Gasteiger partial charge in [0.25, 0.3) is 0 Å². The summed E-state index contributed by atoms with van der Waals surface area (Å²) in [5, 5.41) is 3.67. The van der Waals surface area contributed by atoms with Crippen molar-refractivity contribution in [3.05, 3.63) is 18.3 Å². The number of sulfonamides is 1. The molecule has 0 unspecified atom stereocenters. The summed E-state index contributed by atoms with van der Waals surface area (Å²) in [5.41, 5.74) is 0. The Bertz CT molecular complexity index is 695. The van der Waals surface area contributed by atoms with Gasteiger partial charge < -0.3 is 5.32 Å². The number of carbonyl (C=O) groups excluding carboxylic acids is 1. The topological polar surface area (TPSA) is 79.4 Å². The quantitative estimate of drug-likeness (QED) is 0.716. The van der Waals surface area contributed by atoms with Crippen molar-refractivity contribution in [1.29, 1.82) is 0 Å². The number of pyridine rings is 1. The van der Waals surface area contributed by atoms with Crippen LogP contribution >= 0.6 is 11.8 Å². The second-order valence-electron chi connectivity index (χ2n) is 7.04. The van der Waals surface area contributed by atoms with Crippen LogP contribution in [0.25, 0.3) is 0 Å². The van der Waals surface area contributed by atoms with Crippen molar-refractivity contribution in [1.82, 2.24) is 14.6 Å². The van der Waals surface area contributed by atoms with Crippen LogP contribution in [0.3, 0.4) is 0 Å². The summed E-state index contributed by atoms with van der Waals surface area (Å²) in [5.74, 6) is 0.930. The van der Waals surface area contributed by atoms with Crippen molar-refractivity contribution in [2.24, 2.45) is 5.92 Å². The fourth-order valence-electron chi connectivity index (χ4n) is 3.52. The summed E-state index contributed by atoms with van der Waals surface area (Å²) in [4.78, 5) is 16.4. The molecule has 1 aliphatic carbocycles. The molecule has 0 spiro atoms. The number of aromatic nitrogens is 1. The molecule has 0 radical (unpaired) electrons. The molecular formula is C18H27N3O3S2. The number of nitrogens with zero attached hydrogens (tertiary/aromatic N) is 2. The largest absolute Gasteiger partial charge is 0.355 e. The van der Waals surface area contributed by atoms with Gasteiger partial charge in [-0.2, -0.15) is 4.31 Å². The number of carbonyl (C=O) groups is 1. The summed E-state index contributed by atoms with van der Waals surface area (Å²) in [7, 11) is -3.43. The summed E-state index contributed by atoms with van der Waals surface area (Å²) in [6.07, 6.45) is 9.50. The number of thioether (sulfide) groups is 1. The van der Waals surface area contributed by atoms with Gasteiger partial charge in [-0.1, -0.05) is 31.0 Å². The second-order valence-corrected chi connectivity index (χ2v) is 9.97. The van der Waals surface area contributed by atoms with Crippen molar-refractivity contribution < 1.29 is 13.2 Å². The molecule has 1 amide bonds. The first-order valence-corrected chi connectivity index (χ1v) is 11.8. The normalized spacial score (nSPS) is 19.5. The Labute approximate surface area is 160 Å². The van der Waals surface area contributed by atoms with E-state index in [2.05, 4.69) is 10.3 Å². The van der Waals surface area contributed by atoms with E-state index in [1.54, 1.807) is 12.1 Å². The fourth-order valence-corrected chi connectivity index (χ4v) is 5.66. The molecule has 1 saturated heterocycles. The van der Waals surface area contributed by atoms with Gasteiger partial charge in [-0.15, -0.1) is 0 Å². The number of rotatable bonds is 7. The molecule has 2 aliphatic rings. The lowest BCUT2D eigenvalue weighted by Gasteiger charge is -2.21. The number of amides is 1. The predicted octanol–water partition coefficient (Wildman–Crippen LogP) is 2.65. The zero-order valence-corrected chi connectivity index (χ0v) is 16.7. The molecule has 144 valence electrons. The molecule has 1 N–H and O–H groups in total. The van der Waals surface area contributed by atoms with Crippen molar-refractivity contribution in [3.8, 4) is 0 Å². The highest BCUT2D eigenvalue weighted by atomic mass is 32.2. The number of nitrogens with one attached hydrogen (secondary N) is 1. The highest BCUT2D eigenvalue weighted by Gasteiger charge is 2.27. The van der Waals surface area contributed by atoms with E-state index < -0.39 is 10.0 Å². The van der Waals surface area contributed by atoms with Gasteiger partial charge in [0.05, 0.1) is 10.8 Å². The lowest BCUT2D eigenvalue weighted by Crippen LogP contribution is -2.31. The van der Waals surface area contributed by atoms with Crippen molar-refractivity contribution in [2.75, 3.05) is 25.4 Å². The molecule has 26 heavy (non-hydrogen) atoms. The zero-order chi connectivity index (χ0) is 18.4. The van der Waals surface area contributed by atoms with E-state index in [1.807, 2.05) is 0 Å². The standard InChI is InChI=1S/C18H27N3O3S2/c22-17(19-12-15-6-2-1-3-7-15)14-25-18-9-8-16(13-20-18)26(23,24)21-10-4-5-11-21/h8-9,13,15H,1-7,10-12,14H2,(H,19,22). The zero-order valence-electron chi connectivity index (χ0n) is 15.0. The molecule has 0 aromatic carbocycles. The van der Waals surface area contributed by atoms with E-state index in [0.717, 1.165) is 19.4 Å². The maximum Gasteiger partial charge on any atom is 0.244 e. The molecule has 3 rings (SSSR count). The minimum atomic E-state index is -3.43. The van der Waals surface area contributed by atoms with Crippen LogP contribution in [0.5, 0.6) is 0 Å². The molecule has 0 bridgehead atoms. The average molecular weight is 398 g/mol. The van der Waals surface area contributed by atoms with E-state index in [0.29, 0.717) is 29.8 Å². The van der Waals surface area contributed by atoms with Gasteiger partial charge >= 0.3 is 0 Å². The Kier molecular flexibility index (Phi) is 6.94. The molecule has 1 aromatic rings. The Hall–Kier alpha value is -1.12. The lowest BCUT2D eigenvalue weighted by molar-refractivity contribution is -0.118. The van der Waals surface area contributed by atoms with Crippen molar-refractivity contribution >= 4 is 27.7 Å². The molecule has 2 heterocycles. The van der Waals surface area contributed by atoms with E-state index in [1.165, 1.54) is 54.4 Å². The van der Waals surface area contributed by atoms with Crippen LogP contribution < -0.4 is 5.32 Å². The Morgan fingerprint density at radius 1 is 1.15 bits per heavy atom. The number of hydrogen-bond acceptors (Lipinski definition) is 5. The van der Waals surface area contributed by atoms with Crippen molar-refractivity contribution in [2.45, 2.75) is 54.9 Å². The van der Waals surface area contributed by atoms with Crippen LogP contribution in [0.15, 0.2) is 28.3 Å². The summed E-state index contributed by atoms with van der Waals surface area (Å²) in [6.45, 7) is 1.93.